The molecule has 0 bridgehead atoms. The minimum Gasteiger partial charge on any atom is -0.291 e. The fraction of sp³-hybridized carbons (Fsp3) is 0.889. The molecule has 0 N–H and O–H groups in total. The second kappa shape index (κ2) is 3.18. The van der Waals surface area contributed by atoms with Crippen molar-refractivity contribution >= 4 is 6.29 Å². The molecule has 3 unspecified atom stereocenters. The fourth-order valence-electron chi connectivity index (χ4n) is 1.70. The molecule has 1 saturated carbocycles. The van der Waals surface area contributed by atoms with Crippen LogP contribution in [0.1, 0.15) is 33.1 Å². The molecule has 10 heavy (non-hydrogen) atoms. The maximum Gasteiger partial charge on any atom is 0.202 e. The molecule has 1 rings (SSSR count). The molecule has 1 nitrogen and oxygen atoms in total. The van der Waals surface area contributed by atoms with Gasteiger partial charge in [-0.05, 0) is 24.7 Å². The summed E-state index contributed by atoms with van der Waals surface area (Å²) in [6, 6.07) is 0. The predicted molar refractivity (Wildman–Crippen MR) is 41.4 cm³/mol. The van der Waals surface area contributed by atoms with Crippen molar-refractivity contribution in [1.82, 2.24) is 0 Å². The zero-order valence-electron chi connectivity index (χ0n) is 6.76. The van der Waals surface area contributed by atoms with Gasteiger partial charge < -0.3 is 0 Å². The van der Waals surface area contributed by atoms with Crippen LogP contribution in [0.5, 0.6) is 0 Å². The lowest BCUT2D eigenvalue weighted by atomic mass is 9.76. The topological polar surface area (TPSA) is 17.1 Å². The van der Waals surface area contributed by atoms with Gasteiger partial charge >= 0.3 is 0 Å². The van der Waals surface area contributed by atoms with Gasteiger partial charge in [-0.25, -0.2) is 0 Å². The molecule has 1 fully saturated rings. The molecule has 57 valence electrons. The van der Waals surface area contributed by atoms with E-state index in [4.69, 9.17) is 0 Å². The summed E-state index contributed by atoms with van der Waals surface area (Å²) >= 11 is 0. The Balaban J connectivity index is 2.45. The maximum absolute atomic E-state index is 10.4. The Hall–Kier alpha value is -0.330. The van der Waals surface area contributed by atoms with Gasteiger partial charge in [-0.2, -0.15) is 0 Å². The van der Waals surface area contributed by atoms with E-state index in [0.29, 0.717) is 5.92 Å². The Morgan fingerprint density at radius 2 is 2.00 bits per heavy atom. The smallest absolute Gasteiger partial charge is 0.202 e. The number of hydrogen-bond acceptors (Lipinski definition) is 1. The van der Waals surface area contributed by atoms with Crippen LogP contribution < -0.4 is 0 Å². The molecule has 0 heterocycles. The van der Waals surface area contributed by atoms with Crippen LogP contribution in [-0.4, -0.2) is 6.29 Å². The second-order valence-corrected chi connectivity index (χ2v) is 3.62. The highest BCUT2D eigenvalue weighted by atomic mass is 16.1. The molecule has 1 aliphatic carbocycles. The highest BCUT2D eigenvalue weighted by Gasteiger charge is 2.25. The van der Waals surface area contributed by atoms with E-state index in [0.717, 1.165) is 12.3 Å². The number of carbonyl (C=O) groups excluding carboxylic acids is 1. The Morgan fingerprint density at radius 3 is 2.50 bits per heavy atom. The molecule has 0 aromatic carbocycles. The molecule has 0 aromatic heterocycles. The van der Waals surface area contributed by atoms with Gasteiger partial charge in [0.05, 0.1) is 0 Å². The van der Waals surface area contributed by atoms with Gasteiger partial charge in [0.25, 0.3) is 0 Å². The third-order valence-electron chi connectivity index (χ3n) is 2.61. The van der Waals surface area contributed by atoms with E-state index < -0.39 is 0 Å². The molecular formula is C9H15O. The lowest BCUT2D eigenvalue weighted by Gasteiger charge is -2.27. The highest BCUT2D eigenvalue weighted by Crippen LogP contribution is 2.31. The summed E-state index contributed by atoms with van der Waals surface area (Å²) in [4.78, 5) is 10.4. The molecular weight excluding hydrogens is 124 g/mol. The van der Waals surface area contributed by atoms with Crippen LogP contribution in [0, 0.1) is 17.8 Å². The minimum atomic E-state index is 0.226. The van der Waals surface area contributed by atoms with Crippen LogP contribution in [0.3, 0.4) is 0 Å². The van der Waals surface area contributed by atoms with Crippen molar-refractivity contribution in [3.05, 3.63) is 0 Å². The molecule has 0 saturated heterocycles. The van der Waals surface area contributed by atoms with Crippen LogP contribution in [0.4, 0.5) is 0 Å². The first-order chi connectivity index (χ1) is 4.74. The molecule has 1 aliphatic rings. The Bertz CT molecular complexity index is 120. The van der Waals surface area contributed by atoms with Crippen LogP contribution in [0.15, 0.2) is 0 Å². The largest absolute Gasteiger partial charge is 0.291 e. The van der Waals surface area contributed by atoms with Crippen LogP contribution >= 0.6 is 0 Å². The summed E-state index contributed by atoms with van der Waals surface area (Å²) in [5.74, 6) is 1.54. The van der Waals surface area contributed by atoms with E-state index in [-0.39, 0.29) is 5.92 Å². The van der Waals surface area contributed by atoms with Crippen molar-refractivity contribution in [3.63, 3.8) is 0 Å². The van der Waals surface area contributed by atoms with Crippen molar-refractivity contribution < 1.29 is 4.79 Å². The van der Waals surface area contributed by atoms with E-state index >= 15 is 0 Å². The molecule has 0 spiro atoms. The van der Waals surface area contributed by atoms with Crippen molar-refractivity contribution in [2.45, 2.75) is 33.1 Å². The maximum atomic E-state index is 10.4. The summed E-state index contributed by atoms with van der Waals surface area (Å²) in [7, 11) is 0. The lowest BCUT2D eigenvalue weighted by Crippen LogP contribution is -2.22. The van der Waals surface area contributed by atoms with Gasteiger partial charge in [0.15, 0.2) is 0 Å². The Morgan fingerprint density at radius 1 is 1.30 bits per heavy atom. The summed E-state index contributed by atoms with van der Waals surface area (Å²) in [6.45, 7) is 4.37. The number of rotatable bonds is 1. The standard InChI is InChI=1S/C9H15O/c1-7-3-4-8(2)9(5-7)6-10/h7-9H,3-5H2,1-2H3. The highest BCUT2D eigenvalue weighted by molar-refractivity contribution is 5.55. The average Bonchev–Trinajstić information content (AvgIpc) is 1.94. The minimum absolute atomic E-state index is 0.226. The first kappa shape index (κ1) is 7.77. The van der Waals surface area contributed by atoms with E-state index in [2.05, 4.69) is 20.1 Å². The molecule has 3 atom stereocenters. The van der Waals surface area contributed by atoms with Gasteiger partial charge in [-0.3, -0.25) is 4.79 Å². The summed E-state index contributed by atoms with van der Waals surface area (Å²) in [6.07, 6.45) is 5.69. The van der Waals surface area contributed by atoms with Crippen molar-refractivity contribution in [2.24, 2.45) is 17.8 Å². The third-order valence-corrected chi connectivity index (χ3v) is 2.61. The van der Waals surface area contributed by atoms with E-state index in [1.165, 1.54) is 12.8 Å². The van der Waals surface area contributed by atoms with Gasteiger partial charge in [0, 0.05) is 5.92 Å². The van der Waals surface area contributed by atoms with Crippen LogP contribution in [0.2, 0.25) is 0 Å². The first-order valence-corrected chi connectivity index (χ1v) is 4.11. The zero-order valence-corrected chi connectivity index (χ0v) is 6.76. The normalized spacial score (nSPS) is 41.2. The Labute approximate surface area is 62.8 Å². The van der Waals surface area contributed by atoms with Gasteiger partial charge in [0.2, 0.25) is 6.29 Å². The molecule has 1 heteroatoms. The third kappa shape index (κ3) is 1.59. The molecule has 1 radical (unpaired) electrons. The van der Waals surface area contributed by atoms with Crippen LogP contribution in [-0.2, 0) is 4.79 Å². The zero-order chi connectivity index (χ0) is 7.56. The SMILES string of the molecule is CC1CCC(C)C([C]=O)C1. The van der Waals surface area contributed by atoms with Crippen molar-refractivity contribution in [2.75, 3.05) is 0 Å². The van der Waals surface area contributed by atoms with Gasteiger partial charge in [-0.1, -0.05) is 20.3 Å². The Kier molecular flexibility index (Phi) is 2.47. The molecule has 0 amide bonds. The van der Waals surface area contributed by atoms with Crippen molar-refractivity contribution in [3.8, 4) is 0 Å². The predicted octanol–water partition coefficient (Wildman–Crippen LogP) is 2.17. The first-order valence-electron chi connectivity index (χ1n) is 4.11. The lowest BCUT2D eigenvalue weighted by molar-refractivity contribution is 0.253. The second-order valence-electron chi connectivity index (χ2n) is 3.62. The molecule has 0 aliphatic heterocycles. The van der Waals surface area contributed by atoms with E-state index in [1.807, 2.05) is 0 Å². The van der Waals surface area contributed by atoms with Gasteiger partial charge in [0.1, 0.15) is 0 Å². The average molecular weight is 139 g/mol. The monoisotopic (exact) mass is 139 g/mol. The van der Waals surface area contributed by atoms with E-state index in [1.54, 1.807) is 0 Å². The quantitative estimate of drug-likeness (QED) is 0.544. The summed E-state index contributed by atoms with van der Waals surface area (Å²) < 4.78 is 0. The van der Waals surface area contributed by atoms with Crippen LogP contribution in [0.25, 0.3) is 0 Å². The summed E-state index contributed by atoms with van der Waals surface area (Å²) in [5, 5.41) is 0. The van der Waals surface area contributed by atoms with E-state index in [9.17, 15) is 4.79 Å². The van der Waals surface area contributed by atoms with Gasteiger partial charge in [-0.15, -0.1) is 0 Å². The fourth-order valence-corrected chi connectivity index (χ4v) is 1.70. The summed E-state index contributed by atoms with van der Waals surface area (Å²) in [5.41, 5.74) is 0. The molecule has 0 aromatic rings. The number of hydrogen-bond donors (Lipinski definition) is 0. The van der Waals surface area contributed by atoms with Crippen molar-refractivity contribution in [1.29, 1.82) is 0 Å².